The smallest absolute Gasteiger partial charge is 0.308 e. The minimum absolute atomic E-state index is 0.331. The Labute approximate surface area is 142 Å². The number of carbonyl (C=O) groups is 1. The van der Waals surface area contributed by atoms with Crippen LogP contribution in [0.15, 0.2) is 48.9 Å². The highest BCUT2D eigenvalue weighted by Crippen LogP contribution is 2.16. The van der Waals surface area contributed by atoms with Crippen LogP contribution in [0.25, 0.3) is 5.69 Å². The molecule has 7 nitrogen and oxygen atoms in total. The van der Waals surface area contributed by atoms with Crippen molar-refractivity contribution in [2.75, 3.05) is 10.6 Å². The predicted octanol–water partition coefficient (Wildman–Crippen LogP) is 3.29. The second kappa shape index (κ2) is 7.12. The first-order chi connectivity index (χ1) is 12.0. The quantitative estimate of drug-likeness (QED) is 0.744. The summed E-state index contributed by atoms with van der Waals surface area (Å²) in [5, 5.41) is 13.2. The Morgan fingerprint density at radius 2 is 2.00 bits per heavy atom. The first-order valence-electron chi connectivity index (χ1n) is 7.51. The fraction of sp³-hybridized carbons (Fsp3) is 0.188. The monoisotopic (exact) mass is 346 g/mol. The van der Waals surface area contributed by atoms with Gasteiger partial charge in [-0.25, -0.2) is 18.3 Å². The molecule has 0 unspecified atom stereocenters. The van der Waals surface area contributed by atoms with Crippen LogP contribution in [-0.4, -0.2) is 32.0 Å². The highest BCUT2D eigenvalue weighted by Gasteiger charge is 2.09. The molecule has 3 aromatic rings. The molecule has 0 saturated heterocycles. The number of anilines is 2. The number of urea groups is 1. The van der Waals surface area contributed by atoms with Crippen LogP contribution >= 0.6 is 0 Å². The maximum Gasteiger partial charge on any atom is 0.323 e. The van der Waals surface area contributed by atoms with Crippen molar-refractivity contribution in [2.24, 2.45) is 0 Å². The van der Waals surface area contributed by atoms with E-state index in [4.69, 9.17) is 0 Å². The molecule has 9 heteroatoms. The van der Waals surface area contributed by atoms with Crippen LogP contribution in [0.3, 0.4) is 0 Å². The maximum atomic E-state index is 12.3. The number of benzene rings is 1. The summed E-state index contributed by atoms with van der Waals surface area (Å²) in [5.41, 5.74) is 2.68. The lowest BCUT2D eigenvalue weighted by Gasteiger charge is -2.09. The van der Waals surface area contributed by atoms with Gasteiger partial charge in [0.25, 0.3) is 6.43 Å². The van der Waals surface area contributed by atoms with E-state index in [1.54, 1.807) is 29.1 Å². The van der Waals surface area contributed by atoms with E-state index in [1.165, 1.54) is 12.4 Å². The van der Waals surface area contributed by atoms with Gasteiger partial charge in [0.05, 0.1) is 17.6 Å². The third-order valence-electron chi connectivity index (χ3n) is 3.40. The number of carbonyl (C=O) groups excluding carboxylic acids is 1. The van der Waals surface area contributed by atoms with Crippen molar-refractivity contribution in [3.8, 4) is 5.69 Å². The van der Waals surface area contributed by atoms with Crippen molar-refractivity contribution in [1.29, 1.82) is 0 Å². The van der Waals surface area contributed by atoms with Crippen molar-refractivity contribution in [3.63, 3.8) is 0 Å². The summed E-state index contributed by atoms with van der Waals surface area (Å²) in [6.07, 6.45) is 1.84. The van der Waals surface area contributed by atoms with E-state index >= 15 is 0 Å². The molecule has 0 fully saturated rings. The topological polar surface area (TPSA) is 76.8 Å². The normalized spacial score (nSPS) is 10.9. The molecule has 25 heavy (non-hydrogen) atoms. The number of nitrogens with zero attached hydrogens (tertiary/aromatic N) is 4. The maximum absolute atomic E-state index is 12.3. The van der Waals surface area contributed by atoms with E-state index in [0.717, 1.165) is 16.1 Å². The van der Waals surface area contributed by atoms with Crippen LogP contribution < -0.4 is 10.6 Å². The summed E-state index contributed by atoms with van der Waals surface area (Å²) >= 11 is 0. The Balaban J connectivity index is 1.65. The fourth-order valence-corrected chi connectivity index (χ4v) is 2.32. The van der Waals surface area contributed by atoms with Crippen molar-refractivity contribution in [2.45, 2.75) is 19.9 Å². The number of alkyl halides is 2. The third-order valence-corrected chi connectivity index (χ3v) is 3.40. The number of hydrogen-bond donors (Lipinski definition) is 2. The van der Waals surface area contributed by atoms with Gasteiger partial charge in [-0.15, -0.1) is 0 Å². The molecule has 0 bridgehead atoms. The van der Waals surface area contributed by atoms with Crippen molar-refractivity contribution < 1.29 is 13.6 Å². The highest BCUT2D eigenvalue weighted by molar-refractivity contribution is 5.99. The number of halogens is 2. The molecular formula is C16H16F2N6O. The molecule has 2 heterocycles. The second-order valence-electron chi connectivity index (χ2n) is 5.36. The van der Waals surface area contributed by atoms with E-state index in [9.17, 15) is 13.6 Å². The second-order valence-corrected chi connectivity index (χ2v) is 5.36. The zero-order chi connectivity index (χ0) is 17.8. The van der Waals surface area contributed by atoms with Crippen molar-refractivity contribution in [3.05, 3.63) is 54.6 Å². The first kappa shape index (κ1) is 16.6. The number of rotatable bonds is 5. The zero-order valence-corrected chi connectivity index (χ0v) is 13.4. The van der Waals surface area contributed by atoms with Crippen LogP contribution in [0.5, 0.6) is 0 Å². The molecule has 2 amide bonds. The van der Waals surface area contributed by atoms with Crippen LogP contribution in [0, 0.1) is 6.92 Å². The van der Waals surface area contributed by atoms with Gasteiger partial charge in [0.1, 0.15) is 6.54 Å². The average Bonchev–Trinajstić information content (AvgIpc) is 3.16. The van der Waals surface area contributed by atoms with Crippen molar-refractivity contribution in [1.82, 2.24) is 19.6 Å². The molecule has 0 aliphatic heterocycles. The minimum atomic E-state index is -2.50. The van der Waals surface area contributed by atoms with Gasteiger partial charge >= 0.3 is 6.03 Å². The first-order valence-corrected chi connectivity index (χ1v) is 7.51. The molecule has 0 radical (unpaired) electrons. The molecule has 3 rings (SSSR count). The lowest BCUT2D eigenvalue weighted by atomic mass is 10.2. The molecule has 0 aliphatic carbocycles. The van der Waals surface area contributed by atoms with Crippen molar-refractivity contribution >= 4 is 17.4 Å². The van der Waals surface area contributed by atoms with Gasteiger partial charge in [-0.3, -0.25) is 4.68 Å². The minimum Gasteiger partial charge on any atom is -0.308 e. The Kier molecular flexibility index (Phi) is 4.73. The van der Waals surface area contributed by atoms with Gasteiger partial charge in [0, 0.05) is 23.8 Å². The van der Waals surface area contributed by atoms with E-state index in [-0.39, 0.29) is 0 Å². The van der Waals surface area contributed by atoms with Crippen LogP contribution in [0.4, 0.5) is 25.0 Å². The lowest BCUT2D eigenvalue weighted by molar-refractivity contribution is 0.122. The van der Waals surface area contributed by atoms with E-state index in [0.29, 0.717) is 11.4 Å². The highest BCUT2D eigenvalue weighted by atomic mass is 19.3. The molecule has 1 aromatic carbocycles. The summed E-state index contributed by atoms with van der Waals surface area (Å²) in [6, 6.07) is 8.57. The van der Waals surface area contributed by atoms with Gasteiger partial charge in [-0.2, -0.15) is 10.2 Å². The summed E-state index contributed by atoms with van der Waals surface area (Å²) in [7, 11) is 0. The van der Waals surface area contributed by atoms with Gasteiger partial charge in [0.2, 0.25) is 0 Å². The molecular weight excluding hydrogens is 330 g/mol. The Hall–Kier alpha value is -3.23. The van der Waals surface area contributed by atoms with Crippen LogP contribution in [0.1, 0.15) is 5.69 Å². The molecule has 2 N–H and O–H groups in total. The molecule has 0 spiro atoms. The Morgan fingerprint density at radius 3 is 2.72 bits per heavy atom. The standard InChI is InChI=1S/C16H16F2N6O/c1-11-5-6-19-24(11)14-4-2-3-12(7-14)21-16(25)22-13-8-20-23(9-13)10-15(17)18/h2-9,15H,10H2,1H3,(H2,21,22,25). The summed E-state index contributed by atoms with van der Waals surface area (Å²) < 4.78 is 27.4. The van der Waals surface area contributed by atoms with E-state index < -0.39 is 19.0 Å². The van der Waals surface area contributed by atoms with E-state index in [1.807, 2.05) is 19.1 Å². The van der Waals surface area contributed by atoms with Crippen LogP contribution in [-0.2, 0) is 6.54 Å². The largest absolute Gasteiger partial charge is 0.323 e. The fourth-order valence-electron chi connectivity index (χ4n) is 2.32. The van der Waals surface area contributed by atoms with E-state index in [2.05, 4.69) is 20.8 Å². The SMILES string of the molecule is Cc1ccnn1-c1cccc(NC(=O)Nc2cnn(CC(F)F)c2)c1. The number of nitrogens with one attached hydrogen (secondary N) is 2. The average molecular weight is 346 g/mol. The number of hydrogen-bond acceptors (Lipinski definition) is 3. The number of amides is 2. The molecule has 0 atom stereocenters. The predicted molar refractivity (Wildman–Crippen MR) is 89.2 cm³/mol. The number of aryl methyl sites for hydroxylation is 1. The van der Waals surface area contributed by atoms with Gasteiger partial charge in [0.15, 0.2) is 0 Å². The Bertz CT molecular complexity index is 873. The molecule has 2 aromatic heterocycles. The third kappa shape index (κ3) is 4.19. The van der Waals surface area contributed by atoms with Gasteiger partial charge in [-0.05, 0) is 31.2 Å². The zero-order valence-electron chi connectivity index (χ0n) is 13.4. The molecule has 130 valence electrons. The van der Waals surface area contributed by atoms with Crippen LogP contribution in [0.2, 0.25) is 0 Å². The lowest BCUT2D eigenvalue weighted by Crippen LogP contribution is -2.19. The number of aromatic nitrogens is 4. The Morgan fingerprint density at radius 1 is 1.20 bits per heavy atom. The molecule has 0 aliphatic rings. The summed E-state index contributed by atoms with van der Waals surface area (Å²) in [6.45, 7) is 1.41. The van der Waals surface area contributed by atoms with Gasteiger partial charge < -0.3 is 10.6 Å². The summed E-state index contributed by atoms with van der Waals surface area (Å²) in [4.78, 5) is 12.0. The van der Waals surface area contributed by atoms with Gasteiger partial charge in [-0.1, -0.05) is 6.07 Å². The summed E-state index contributed by atoms with van der Waals surface area (Å²) in [5.74, 6) is 0. The molecule has 0 saturated carbocycles.